The Balaban J connectivity index is 1.03. The lowest BCUT2D eigenvalue weighted by atomic mass is 10.1. The molecular formula is C30H27ClF2N4O4. The van der Waals surface area contributed by atoms with E-state index in [1.165, 1.54) is 12.1 Å². The number of fused-ring (bicyclic) bond motifs is 2. The predicted octanol–water partition coefficient (Wildman–Crippen LogP) is 5.27. The Bertz CT molecular complexity index is 1650. The number of imidazole rings is 1. The van der Waals surface area contributed by atoms with Crippen molar-refractivity contribution in [1.82, 2.24) is 19.4 Å². The molecule has 8 nitrogen and oxygen atoms in total. The van der Waals surface area contributed by atoms with Gasteiger partial charge in [0.2, 0.25) is 5.88 Å². The lowest BCUT2D eigenvalue weighted by Gasteiger charge is -2.28. The minimum atomic E-state index is -1.18. The van der Waals surface area contributed by atoms with Gasteiger partial charge in [-0.15, -0.1) is 0 Å². The highest BCUT2D eigenvalue weighted by molar-refractivity contribution is 6.30. The first-order valence-electron chi connectivity index (χ1n) is 13.6. The summed E-state index contributed by atoms with van der Waals surface area (Å²) in [4.78, 5) is 23.2. The molecule has 2 aromatic carbocycles. The SMILES string of the molecule is O=C(O)c1cc(F)c2nc(CN3CC4C(C3)C4c3cccc(OCc4ccc(Cl)cc4F)n3)n(C[C@@H]3CCO3)c2c1. The molecule has 7 rings (SSSR count). The summed E-state index contributed by atoms with van der Waals surface area (Å²) in [6.07, 6.45) is 0.913. The highest BCUT2D eigenvalue weighted by Crippen LogP contribution is 2.58. The molecule has 3 aliphatic rings. The van der Waals surface area contributed by atoms with E-state index in [0.29, 0.717) is 65.3 Å². The number of pyridine rings is 1. The average Bonchev–Trinajstić information content (AvgIpc) is 3.23. The van der Waals surface area contributed by atoms with E-state index < -0.39 is 17.6 Å². The molecule has 2 unspecified atom stereocenters. The van der Waals surface area contributed by atoms with Gasteiger partial charge in [-0.1, -0.05) is 23.7 Å². The van der Waals surface area contributed by atoms with E-state index in [9.17, 15) is 18.7 Å². The number of carboxylic acids is 1. The topological polar surface area (TPSA) is 89.7 Å². The van der Waals surface area contributed by atoms with Gasteiger partial charge in [-0.2, -0.15) is 0 Å². The number of carbonyl (C=O) groups is 1. The lowest BCUT2D eigenvalue weighted by molar-refractivity contribution is -0.0591. The van der Waals surface area contributed by atoms with Gasteiger partial charge in [-0.3, -0.25) is 4.90 Å². The van der Waals surface area contributed by atoms with E-state index in [1.54, 1.807) is 18.2 Å². The number of likely N-dealkylation sites (tertiary alicyclic amines) is 1. The van der Waals surface area contributed by atoms with Crippen LogP contribution in [0.5, 0.6) is 5.88 Å². The van der Waals surface area contributed by atoms with E-state index >= 15 is 0 Å². The summed E-state index contributed by atoms with van der Waals surface area (Å²) < 4.78 is 42.3. The summed E-state index contributed by atoms with van der Waals surface area (Å²) in [5, 5.41) is 9.78. The Labute approximate surface area is 239 Å². The van der Waals surface area contributed by atoms with E-state index in [-0.39, 0.29) is 23.8 Å². The van der Waals surface area contributed by atoms with Crippen molar-refractivity contribution in [3.8, 4) is 5.88 Å². The summed E-state index contributed by atoms with van der Waals surface area (Å²) >= 11 is 5.83. The van der Waals surface area contributed by atoms with Crippen LogP contribution in [0.3, 0.4) is 0 Å². The van der Waals surface area contributed by atoms with Crippen LogP contribution in [-0.4, -0.2) is 56.3 Å². The standard InChI is InChI=1S/C30H27ClF2N4O4/c31-18-5-4-16(22(32)10-18)15-41-27-3-1-2-24(34-27)28-20-12-36(13-21(20)28)14-26-35-29-23(33)8-17(30(38)39)9-25(29)37(26)11-19-6-7-40-19/h1-5,8-10,19-21,28H,6-7,11-15H2,(H,38,39)/t19-,20?,21?,28?/m0/s1. The van der Waals surface area contributed by atoms with Gasteiger partial charge >= 0.3 is 5.97 Å². The fourth-order valence-electron chi connectivity index (χ4n) is 6.18. The zero-order valence-electron chi connectivity index (χ0n) is 22.0. The number of halogens is 3. The molecule has 1 aliphatic carbocycles. The van der Waals surface area contributed by atoms with Crippen molar-refractivity contribution in [3.05, 3.63) is 87.8 Å². The monoisotopic (exact) mass is 580 g/mol. The number of benzene rings is 2. The zero-order chi connectivity index (χ0) is 28.2. The Morgan fingerprint density at radius 1 is 1.10 bits per heavy atom. The second kappa shape index (κ2) is 10.3. The quantitative estimate of drug-likeness (QED) is 0.288. The fraction of sp³-hybridized carbons (Fsp3) is 0.367. The van der Waals surface area contributed by atoms with Crippen LogP contribution in [0.1, 0.15) is 39.8 Å². The number of hydrogen-bond acceptors (Lipinski definition) is 6. The molecule has 1 saturated carbocycles. The Hall–Kier alpha value is -3.60. The van der Waals surface area contributed by atoms with E-state index in [1.807, 2.05) is 16.7 Å². The molecule has 11 heteroatoms. The van der Waals surface area contributed by atoms with Crippen molar-refractivity contribution in [2.75, 3.05) is 19.7 Å². The number of aromatic carboxylic acids is 1. The second-order valence-corrected chi connectivity index (χ2v) is 11.5. The molecule has 41 heavy (non-hydrogen) atoms. The molecule has 2 saturated heterocycles. The summed E-state index contributed by atoms with van der Waals surface area (Å²) in [6.45, 7) is 3.50. The Morgan fingerprint density at radius 2 is 1.90 bits per heavy atom. The number of nitrogens with zero attached hydrogens (tertiary/aromatic N) is 4. The summed E-state index contributed by atoms with van der Waals surface area (Å²) in [6, 6.07) is 12.7. The van der Waals surface area contributed by atoms with Crippen molar-refractivity contribution in [3.63, 3.8) is 0 Å². The minimum absolute atomic E-state index is 0.0100. The first-order valence-corrected chi connectivity index (χ1v) is 14.0. The van der Waals surface area contributed by atoms with E-state index in [0.717, 1.165) is 31.3 Å². The zero-order valence-corrected chi connectivity index (χ0v) is 22.7. The maximum absolute atomic E-state index is 14.8. The lowest BCUT2D eigenvalue weighted by Crippen LogP contribution is -2.33. The van der Waals surface area contributed by atoms with Crippen molar-refractivity contribution in [2.45, 2.75) is 38.1 Å². The maximum atomic E-state index is 14.8. The normalized spacial score (nSPS) is 23.4. The molecule has 4 heterocycles. The number of ether oxygens (including phenoxy) is 2. The van der Waals surface area contributed by atoms with Gasteiger partial charge in [0.25, 0.3) is 0 Å². The maximum Gasteiger partial charge on any atom is 0.335 e. The predicted molar refractivity (Wildman–Crippen MR) is 146 cm³/mol. The number of piperidine rings is 1. The van der Waals surface area contributed by atoms with Crippen LogP contribution in [0.4, 0.5) is 8.78 Å². The fourth-order valence-corrected chi connectivity index (χ4v) is 6.34. The first-order chi connectivity index (χ1) is 19.8. The van der Waals surface area contributed by atoms with E-state index in [2.05, 4.69) is 9.88 Å². The average molecular weight is 581 g/mol. The van der Waals surface area contributed by atoms with Gasteiger partial charge in [-0.05, 0) is 48.6 Å². The number of aromatic nitrogens is 3. The number of carboxylic acid groups (broad SMARTS) is 1. The van der Waals surface area contributed by atoms with Gasteiger partial charge < -0.3 is 19.1 Å². The third kappa shape index (κ3) is 5.05. The highest BCUT2D eigenvalue weighted by atomic mass is 35.5. The molecule has 0 bridgehead atoms. The Morgan fingerprint density at radius 3 is 2.61 bits per heavy atom. The molecule has 3 fully saturated rings. The molecule has 3 atom stereocenters. The Kier molecular flexibility index (Phi) is 6.64. The molecule has 4 aromatic rings. The van der Waals surface area contributed by atoms with E-state index in [4.69, 9.17) is 26.1 Å². The second-order valence-electron chi connectivity index (χ2n) is 11.0. The van der Waals surface area contributed by atoms with Crippen LogP contribution in [0.25, 0.3) is 11.0 Å². The van der Waals surface area contributed by atoms with Gasteiger partial charge in [0.1, 0.15) is 23.8 Å². The molecule has 212 valence electrons. The molecule has 2 aromatic heterocycles. The largest absolute Gasteiger partial charge is 0.478 e. The third-order valence-corrected chi connectivity index (χ3v) is 8.66. The van der Waals surface area contributed by atoms with Gasteiger partial charge in [-0.25, -0.2) is 23.5 Å². The molecule has 2 aliphatic heterocycles. The van der Waals surface area contributed by atoms with Crippen molar-refractivity contribution in [2.24, 2.45) is 11.8 Å². The van der Waals surface area contributed by atoms with Crippen LogP contribution >= 0.6 is 11.6 Å². The minimum Gasteiger partial charge on any atom is -0.478 e. The summed E-state index contributed by atoms with van der Waals surface area (Å²) in [7, 11) is 0. The van der Waals surface area contributed by atoms with Crippen LogP contribution < -0.4 is 4.74 Å². The number of hydrogen-bond donors (Lipinski definition) is 1. The summed E-state index contributed by atoms with van der Waals surface area (Å²) in [5.74, 6) is 0.135. The molecule has 0 amide bonds. The number of rotatable bonds is 9. The van der Waals surface area contributed by atoms with Crippen molar-refractivity contribution in [1.29, 1.82) is 0 Å². The third-order valence-electron chi connectivity index (χ3n) is 8.42. The summed E-state index contributed by atoms with van der Waals surface area (Å²) in [5.41, 5.74) is 1.95. The smallest absolute Gasteiger partial charge is 0.335 e. The van der Waals surface area contributed by atoms with Gasteiger partial charge in [0, 0.05) is 48.0 Å². The van der Waals surface area contributed by atoms with Crippen LogP contribution in [0.15, 0.2) is 48.5 Å². The molecule has 0 radical (unpaired) electrons. The van der Waals surface area contributed by atoms with Crippen LogP contribution in [0, 0.1) is 23.5 Å². The van der Waals surface area contributed by atoms with Gasteiger partial charge in [0.05, 0.1) is 30.3 Å². The van der Waals surface area contributed by atoms with Crippen LogP contribution in [0.2, 0.25) is 5.02 Å². The molecule has 1 N–H and O–H groups in total. The van der Waals surface area contributed by atoms with Crippen LogP contribution in [-0.2, 0) is 24.4 Å². The highest BCUT2D eigenvalue weighted by Gasteiger charge is 2.57. The van der Waals surface area contributed by atoms with Crippen molar-refractivity contribution < 1.29 is 28.2 Å². The molecule has 0 spiro atoms. The van der Waals surface area contributed by atoms with Crippen molar-refractivity contribution >= 4 is 28.6 Å². The van der Waals surface area contributed by atoms with Gasteiger partial charge in [0.15, 0.2) is 5.82 Å². The first kappa shape index (κ1) is 26.3. The molecular weight excluding hydrogens is 554 g/mol.